The number of carbonyl (C=O) groups is 1. The fourth-order valence-electron chi connectivity index (χ4n) is 0.635. The topological polar surface area (TPSA) is 61.4 Å². The summed E-state index contributed by atoms with van der Waals surface area (Å²) in [6, 6.07) is 0. The van der Waals surface area contributed by atoms with E-state index in [0.717, 1.165) is 0 Å². The zero-order valence-electron chi connectivity index (χ0n) is 5.29. The fraction of sp³-hybridized carbons (Fsp3) is 0.167. The Morgan fingerprint density at radius 1 is 1.80 bits per heavy atom. The molecule has 0 aromatic carbocycles. The third-order valence-corrected chi connectivity index (χ3v) is 1.15. The molecule has 10 heavy (non-hydrogen) atoms. The maximum atomic E-state index is 10.8. The van der Waals surface area contributed by atoms with Gasteiger partial charge in [-0.15, -0.1) is 0 Å². The van der Waals surface area contributed by atoms with Crippen molar-refractivity contribution >= 4 is 5.91 Å². The van der Waals surface area contributed by atoms with Crippen molar-refractivity contribution in [2.24, 2.45) is 0 Å². The second kappa shape index (κ2) is 2.53. The second-order valence-corrected chi connectivity index (χ2v) is 1.85. The Bertz CT molecular complexity index is 198. The molecule has 0 fully saturated rings. The minimum absolute atomic E-state index is 0.318. The van der Waals surface area contributed by atoms with Crippen molar-refractivity contribution in [1.82, 2.24) is 10.6 Å². The highest BCUT2D eigenvalue weighted by atomic mass is 16.3. The van der Waals surface area contributed by atoms with Gasteiger partial charge in [0, 0.05) is 6.20 Å². The molecule has 0 aromatic heterocycles. The maximum absolute atomic E-state index is 10.8. The molecule has 1 rings (SSSR count). The molecule has 1 aliphatic heterocycles. The molecule has 4 heteroatoms. The van der Waals surface area contributed by atoms with Crippen molar-refractivity contribution in [1.29, 1.82) is 0 Å². The minimum atomic E-state index is -0.976. The van der Waals surface area contributed by atoms with Crippen LogP contribution in [0.1, 0.15) is 0 Å². The number of hydrogen-bond donors (Lipinski definition) is 3. The average Bonchev–Trinajstić information content (AvgIpc) is 1.88. The lowest BCUT2D eigenvalue weighted by Crippen LogP contribution is -2.47. The lowest BCUT2D eigenvalue weighted by molar-refractivity contribution is -0.121. The van der Waals surface area contributed by atoms with Crippen molar-refractivity contribution in [3.63, 3.8) is 0 Å². The minimum Gasteiger partial charge on any atom is -0.356 e. The van der Waals surface area contributed by atoms with Crippen molar-refractivity contribution in [2.45, 2.75) is 6.35 Å². The highest BCUT2D eigenvalue weighted by Gasteiger charge is 2.14. The Hall–Kier alpha value is -1.29. The van der Waals surface area contributed by atoms with Crippen LogP contribution in [0.3, 0.4) is 0 Å². The molecule has 0 saturated carbocycles. The molecule has 0 aromatic rings. The van der Waals surface area contributed by atoms with Crippen LogP contribution in [-0.4, -0.2) is 17.4 Å². The Kier molecular flexibility index (Phi) is 1.73. The van der Waals surface area contributed by atoms with E-state index in [-0.39, 0.29) is 5.91 Å². The second-order valence-electron chi connectivity index (χ2n) is 1.85. The summed E-state index contributed by atoms with van der Waals surface area (Å²) in [5.41, 5.74) is 0.422. The van der Waals surface area contributed by atoms with E-state index in [0.29, 0.717) is 5.57 Å². The zero-order chi connectivity index (χ0) is 7.56. The molecular formula is C6H8N2O2. The molecule has 0 radical (unpaired) electrons. The lowest BCUT2D eigenvalue weighted by atomic mass is 10.2. The molecule has 0 saturated heterocycles. The van der Waals surface area contributed by atoms with Gasteiger partial charge in [0.2, 0.25) is 6.35 Å². The van der Waals surface area contributed by atoms with E-state index in [1.165, 1.54) is 12.3 Å². The summed E-state index contributed by atoms with van der Waals surface area (Å²) in [4.78, 5) is 10.8. The number of rotatable bonds is 1. The average molecular weight is 140 g/mol. The summed E-state index contributed by atoms with van der Waals surface area (Å²) in [6.07, 6.45) is 1.85. The molecule has 1 atom stereocenters. The lowest BCUT2D eigenvalue weighted by Gasteiger charge is -2.18. The van der Waals surface area contributed by atoms with Crippen LogP contribution >= 0.6 is 0 Å². The number of carbonyl (C=O) groups excluding carboxylic acids is 1. The smallest absolute Gasteiger partial charge is 0.256 e. The summed E-state index contributed by atoms with van der Waals surface area (Å²) in [6.45, 7) is 3.41. The first kappa shape index (κ1) is 6.82. The molecule has 1 aliphatic rings. The third-order valence-electron chi connectivity index (χ3n) is 1.15. The van der Waals surface area contributed by atoms with Crippen molar-refractivity contribution in [3.8, 4) is 0 Å². The summed E-state index contributed by atoms with van der Waals surface area (Å²) in [5.74, 6) is -0.318. The van der Waals surface area contributed by atoms with Crippen LogP contribution < -0.4 is 10.6 Å². The van der Waals surface area contributed by atoms with Crippen molar-refractivity contribution in [2.75, 3.05) is 0 Å². The van der Waals surface area contributed by atoms with E-state index in [2.05, 4.69) is 17.2 Å². The van der Waals surface area contributed by atoms with Gasteiger partial charge in [-0.1, -0.05) is 12.7 Å². The SMILES string of the molecule is C=CC1=CNC(O)NC1=O. The summed E-state index contributed by atoms with van der Waals surface area (Å²) < 4.78 is 0. The molecule has 1 heterocycles. The molecule has 1 unspecified atom stereocenters. The molecular weight excluding hydrogens is 132 g/mol. The molecule has 0 spiro atoms. The van der Waals surface area contributed by atoms with E-state index in [4.69, 9.17) is 5.11 Å². The Morgan fingerprint density at radius 3 is 3.00 bits per heavy atom. The standard InChI is InChI=1S/C6H8N2O2/c1-2-4-3-7-6(10)8-5(4)9/h2-3,6-7,10H,1H2,(H,8,9). The maximum Gasteiger partial charge on any atom is 0.256 e. The van der Waals surface area contributed by atoms with Gasteiger partial charge < -0.3 is 15.7 Å². The predicted molar refractivity (Wildman–Crippen MR) is 35.6 cm³/mol. The summed E-state index contributed by atoms with van der Waals surface area (Å²) >= 11 is 0. The van der Waals surface area contributed by atoms with Crippen molar-refractivity contribution < 1.29 is 9.90 Å². The molecule has 0 aliphatic carbocycles. The summed E-state index contributed by atoms with van der Waals surface area (Å²) in [5, 5.41) is 13.5. The normalized spacial score (nSPS) is 24.3. The Morgan fingerprint density at radius 2 is 2.50 bits per heavy atom. The quantitative estimate of drug-likeness (QED) is 0.440. The first-order valence-corrected chi connectivity index (χ1v) is 2.81. The van der Waals surface area contributed by atoms with Gasteiger partial charge in [0.25, 0.3) is 5.91 Å². The molecule has 3 N–H and O–H groups in total. The predicted octanol–water partition coefficient (Wildman–Crippen LogP) is -0.948. The van der Waals surface area contributed by atoms with Crippen LogP contribution in [0.4, 0.5) is 0 Å². The van der Waals surface area contributed by atoms with Crippen LogP contribution in [0.2, 0.25) is 0 Å². The van der Waals surface area contributed by atoms with Gasteiger partial charge in [0.1, 0.15) is 0 Å². The molecule has 4 nitrogen and oxygen atoms in total. The third kappa shape index (κ3) is 1.16. The first-order chi connectivity index (χ1) is 4.74. The number of amides is 1. The van der Waals surface area contributed by atoms with Crippen LogP contribution in [0, 0.1) is 0 Å². The first-order valence-electron chi connectivity index (χ1n) is 2.81. The monoisotopic (exact) mass is 140 g/mol. The van der Waals surface area contributed by atoms with E-state index in [9.17, 15) is 4.79 Å². The van der Waals surface area contributed by atoms with Gasteiger partial charge in [-0.3, -0.25) is 4.79 Å². The molecule has 54 valence electrons. The fourth-order valence-corrected chi connectivity index (χ4v) is 0.635. The van der Waals surface area contributed by atoms with Crippen LogP contribution in [-0.2, 0) is 4.79 Å². The number of aliphatic hydroxyl groups is 1. The van der Waals surface area contributed by atoms with E-state index < -0.39 is 6.35 Å². The van der Waals surface area contributed by atoms with E-state index in [1.54, 1.807) is 0 Å². The van der Waals surface area contributed by atoms with Gasteiger partial charge in [-0.25, -0.2) is 0 Å². The zero-order valence-corrected chi connectivity index (χ0v) is 5.29. The Labute approximate surface area is 58.2 Å². The number of hydrogen-bond acceptors (Lipinski definition) is 3. The van der Waals surface area contributed by atoms with Crippen LogP contribution in [0.5, 0.6) is 0 Å². The molecule has 1 amide bonds. The van der Waals surface area contributed by atoms with Gasteiger partial charge in [0.05, 0.1) is 5.57 Å². The highest BCUT2D eigenvalue weighted by Crippen LogP contribution is 1.98. The van der Waals surface area contributed by atoms with Crippen LogP contribution in [0.25, 0.3) is 0 Å². The van der Waals surface area contributed by atoms with Crippen molar-refractivity contribution in [3.05, 3.63) is 24.4 Å². The van der Waals surface area contributed by atoms with Gasteiger partial charge in [0.15, 0.2) is 0 Å². The summed E-state index contributed by atoms with van der Waals surface area (Å²) in [7, 11) is 0. The van der Waals surface area contributed by atoms with Gasteiger partial charge in [-0.2, -0.15) is 0 Å². The molecule has 0 bridgehead atoms. The number of nitrogens with one attached hydrogen (secondary N) is 2. The van der Waals surface area contributed by atoms with Crippen LogP contribution in [0.15, 0.2) is 24.4 Å². The van der Waals surface area contributed by atoms with E-state index in [1.807, 2.05) is 0 Å². The number of aliphatic hydroxyl groups excluding tert-OH is 1. The van der Waals surface area contributed by atoms with Gasteiger partial charge in [-0.05, 0) is 0 Å². The van der Waals surface area contributed by atoms with Gasteiger partial charge >= 0.3 is 0 Å². The highest BCUT2D eigenvalue weighted by molar-refractivity contribution is 5.96. The van der Waals surface area contributed by atoms with E-state index >= 15 is 0 Å². The largest absolute Gasteiger partial charge is 0.356 e. The Balaban J connectivity index is 2.75.